The first-order chi connectivity index (χ1) is 8.76. The fraction of sp³-hybridized carbons (Fsp3) is 0.500. The molecule has 0 amide bonds. The van der Waals surface area contributed by atoms with E-state index in [-0.39, 0.29) is 5.97 Å². The summed E-state index contributed by atoms with van der Waals surface area (Å²) in [4.78, 5) is 11.1. The molecule has 1 N–H and O–H groups in total. The summed E-state index contributed by atoms with van der Waals surface area (Å²) in [6.07, 6.45) is 1.28. The van der Waals surface area contributed by atoms with Crippen LogP contribution in [0, 0.1) is 0 Å². The number of rotatable bonds is 8. The van der Waals surface area contributed by atoms with Gasteiger partial charge in [0.1, 0.15) is 5.75 Å². The van der Waals surface area contributed by atoms with Crippen LogP contribution >= 0.6 is 0 Å². The molecule has 0 atom stereocenters. The average molecular weight is 251 g/mol. The molecule has 0 aliphatic rings. The summed E-state index contributed by atoms with van der Waals surface area (Å²) in [6.45, 7) is 3.88. The molecular formula is C14H21NO3. The third-order valence-electron chi connectivity index (χ3n) is 2.53. The van der Waals surface area contributed by atoms with Gasteiger partial charge in [0.2, 0.25) is 0 Å². The maximum Gasteiger partial charge on any atom is 0.305 e. The summed E-state index contributed by atoms with van der Waals surface area (Å²) in [5.74, 6) is 0.741. The van der Waals surface area contributed by atoms with E-state index in [1.54, 1.807) is 7.11 Å². The van der Waals surface area contributed by atoms with Gasteiger partial charge < -0.3 is 14.8 Å². The fourth-order valence-electron chi connectivity index (χ4n) is 1.57. The number of carbonyl (C=O) groups excluding carboxylic acids is 1. The number of carbonyl (C=O) groups is 1. The van der Waals surface area contributed by atoms with E-state index in [9.17, 15) is 4.79 Å². The Balaban J connectivity index is 2.12. The molecule has 4 nitrogen and oxygen atoms in total. The molecule has 0 radical (unpaired) electrons. The molecule has 0 aromatic heterocycles. The highest BCUT2D eigenvalue weighted by atomic mass is 16.5. The first-order valence-corrected chi connectivity index (χ1v) is 6.25. The second-order valence-corrected chi connectivity index (χ2v) is 3.93. The predicted octanol–water partition coefficient (Wildman–Crippen LogP) is 2.13. The lowest BCUT2D eigenvalue weighted by Gasteiger charge is -2.06. The minimum absolute atomic E-state index is 0.122. The zero-order valence-corrected chi connectivity index (χ0v) is 11.1. The van der Waals surface area contributed by atoms with Crippen LogP contribution in [0.2, 0.25) is 0 Å². The number of esters is 1. The van der Waals surface area contributed by atoms with Crippen LogP contribution in [-0.2, 0) is 16.1 Å². The van der Waals surface area contributed by atoms with Gasteiger partial charge in [-0.1, -0.05) is 12.1 Å². The molecular weight excluding hydrogens is 230 g/mol. The number of benzene rings is 1. The molecule has 4 heteroatoms. The van der Waals surface area contributed by atoms with Crippen LogP contribution in [-0.4, -0.2) is 26.2 Å². The van der Waals surface area contributed by atoms with E-state index in [1.165, 1.54) is 5.56 Å². The molecule has 0 bridgehead atoms. The number of nitrogens with one attached hydrogen (secondary N) is 1. The van der Waals surface area contributed by atoms with Crippen molar-refractivity contribution in [3.05, 3.63) is 29.8 Å². The van der Waals surface area contributed by atoms with Crippen LogP contribution in [0.3, 0.4) is 0 Å². The second kappa shape index (κ2) is 8.53. The van der Waals surface area contributed by atoms with E-state index in [4.69, 9.17) is 9.47 Å². The van der Waals surface area contributed by atoms with Gasteiger partial charge in [-0.05, 0) is 37.6 Å². The minimum atomic E-state index is -0.122. The van der Waals surface area contributed by atoms with Crippen molar-refractivity contribution in [1.82, 2.24) is 5.32 Å². The van der Waals surface area contributed by atoms with Gasteiger partial charge in [-0.25, -0.2) is 0 Å². The van der Waals surface area contributed by atoms with Crippen molar-refractivity contribution in [2.24, 2.45) is 0 Å². The van der Waals surface area contributed by atoms with Gasteiger partial charge in [0, 0.05) is 13.0 Å². The number of hydrogen-bond acceptors (Lipinski definition) is 4. The molecule has 0 spiro atoms. The monoisotopic (exact) mass is 251 g/mol. The maximum atomic E-state index is 11.1. The highest BCUT2D eigenvalue weighted by Crippen LogP contribution is 2.10. The van der Waals surface area contributed by atoms with Gasteiger partial charge in [0.15, 0.2) is 0 Å². The van der Waals surface area contributed by atoms with Crippen LogP contribution < -0.4 is 10.1 Å². The molecule has 18 heavy (non-hydrogen) atoms. The highest BCUT2D eigenvalue weighted by molar-refractivity contribution is 5.69. The summed E-state index contributed by atoms with van der Waals surface area (Å²) in [5, 5.41) is 3.29. The standard InChI is InChI=1S/C14H21NO3/c1-3-18-14(16)5-4-10-15-11-12-6-8-13(17-2)9-7-12/h6-9,15H,3-5,10-11H2,1-2H3. The van der Waals surface area contributed by atoms with Gasteiger partial charge in [0.05, 0.1) is 13.7 Å². The summed E-state index contributed by atoms with van der Waals surface area (Å²) < 4.78 is 9.94. The Labute approximate surface area is 108 Å². The van der Waals surface area contributed by atoms with E-state index in [0.717, 1.165) is 25.3 Å². The lowest BCUT2D eigenvalue weighted by atomic mass is 10.2. The highest BCUT2D eigenvalue weighted by Gasteiger charge is 2.00. The summed E-state index contributed by atoms with van der Waals surface area (Å²) in [5.41, 5.74) is 1.20. The predicted molar refractivity (Wildman–Crippen MR) is 70.6 cm³/mol. The molecule has 100 valence electrons. The largest absolute Gasteiger partial charge is 0.497 e. The van der Waals surface area contributed by atoms with Crippen LogP contribution in [0.1, 0.15) is 25.3 Å². The third kappa shape index (κ3) is 5.68. The minimum Gasteiger partial charge on any atom is -0.497 e. The van der Waals surface area contributed by atoms with Crippen molar-refractivity contribution in [2.45, 2.75) is 26.3 Å². The molecule has 0 unspecified atom stereocenters. The van der Waals surface area contributed by atoms with Crippen LogP contribution in [0.4, 0.5) is 0 Å². The number of ether oxygens (including phenoxy) is 2. The summed E-state index contributed by atoms with van der Waals surface area (Å²) in [6, 6.07) is 7.93. The van der Waals surface area contributed by atoms with Gasteiger partial charge in [-0.3, -0.25) is 4.79 Å². The summed E-state index contributed by atoms with van der Waals surface area (Å²) >= 11 is 0. The molecule has 0 aliphatic carbocycles. The third-order valence-corrected chi connectivity index (χ3v) is 2.53. The molecule has 0 saturated heterocycles. The molecule has 0 heterocycles. The summed E-state index contributed by atoms with van der Waals surface area (Å²) in [7, 11) is 1.66. The number of hydrogen-bond donors (Lipinski definition) is 1. The Kier molecular flexibility index (Phi) is 6.87. The van der Waals surface area contributed by atoms with Gasteiger partial charge in [-0.15, -0.1) is 0 Å². The fourth-order valence-corrected chi connectivity index (χ4v) is 1.57. The molecule has 0 fully saturated rings. The van der Waals surface area contributed by atoms with Crippen molar-refractivity contribution in [3.63, 3.8) is 0 Å². The molecule has 1 rings (SSSR count). The van der Waals surface area contributed by atoms with E-state index < -0.39 is 0 Å². The SMILES string of the molecule is CCOC(=O)CCCNCc1ccc(OC)cc1. The van der Waals surface area contributed by atoms with Crippen molar-refractivity contribution in [3.8, 4) is 5.75 Å². The Morgan fingerprint density at radius 1 is 1.28 bits per heavy atom. The van der Waals surface area contributed by atoms with Crippen molar-refractivity contribution >= 4 is 5.97 Å². The Bertz CT molecular complexity index is 349. The van der Waals surface area contributed by atoms with Gasteiger partial charge in [0.25, 0.3) is 0 Å². The van der Waals surface area contributed by atoms with Crippen molar-refractivity contribution in [2.75, 3.05) is 20.3 Å². The zero-order chi connectivity index (χ0) is 13.2. The molecule has 0 aliphatic heterocycles. The van der Waals surface area contributed by atoms with E-state index in [1.807, 2.05) is 31.2 Å². The Morgan fingerprint density at radius 3 is 2.61 bits per heavy atom. The van der Waals surface area contributed by atoms with Crippen LogP contribution in [0.5, 0.6) is 5.75 Å². The topological polar surface area (TPSA) is 47.6 Å². The zero-order valence-electron chi connectivity index (χ0n) is 11.1. The van der Waals surface area contributed by atoms with Gasteiger partial charge in [-0.2, -0.15) is 0 Å². The van der Waals surface area contributed by atoms with E-state index >= 15 is 0 Å². The van der Waals surface area contributed by atoms with Crippen LogP contribution in [0.15, 0.2) is 24.3 Å². The van der Waals surface area contributed by atoms with Crippen molar-refractivity contribution in [1.29, 1.82) is 0 Å². The normalized spacial score (nSPS) is 10.1. The Hall–Kier alpha value is -1.55. The van der Waals surface area contributed by atoms with Gasteiger partial charge >= 0.3 is 5.97 Å². The van der Waals surface area contributed by atoms with E-state index in [0.29, 0.717) is 13.0 Å². The van der Waals surface area contributed by atoms with E-state index in [2.05, 4.69) is 5.32 Å². The maximum absolute atomic E-state index is 11.1. The lowest BCUT2D eigenvalue weighted by molar-refractivity contribution is -0.143. The first-order valence-electron chi connectivity index (χ1n) is 6.25. The van der Waals surface area contributed by atoms with Crippen LogP contribution in [0.25, 0.3) is 0 Å². The molecule has 1 aromatic carbocycles. The lowest BCUT2D eigenvalue weighted by Crippen LogP contribution is -2.16. The first kappa shape index (κ1) is 14.5. The average Bonchev–Trinajstić information content (AvgIpc) is 2.39. The Morgan fingerprint density at radius 2 is 2.00 bits per heavy atom. The number of methoxy groups -OCH3 is 1. The van der Waals surface area contributed by atoms with Crippen molar-refractivity contribution < 1.29 is 14.3 Å². The second-order valence-electron chi connectivity index (χ2n) is 3.93. The quantitative estimate of drug-likeness (QED) is 0.568. The molecule has 0 saturated carbocycles. The molecule has 1 aromatic rings. The smallest absolute Gasteiger partial charge is 0.305 e.